The molecular weight excluding hydrogens is 242 g/mol. The van der Waals surface area contributed by atoms with Gasteiger partial charge >= 0.3 is 0 Å². The van der Waals surface area contributed by atoms with Gasteiger partial charge in [0.25, 0.3) is 5.91 Å². The number of amides is 1. The lowest BCUT2D eigenvalue weighted by Gasteiger charge is -2.07. The Morgan fingerprint density at radius 1 is 1.16 bits per heavy atom. The van der Waals surface area contributed by atoms with Crippen molar-refractivity contribution in [2.45, 2.75) is 13.8 Å². The van der Waals surface area contributed by atoms with Gasteiger partial charge in [-0.1, -0.05) is 17.7 Å². The number of furan rings is 1. The van der Waals surface area contributed by atoms with Crippen LogP contribution < -0.4 is 10.1 Å². The number of aryl methyl sites for hydroxylation is 2. The molecule has 0 fully saturated rings. The van der Waals surface area contributed by atoms with Crippen molar-refractivity contribution < 1.29 is 13.9 Å². The van der Waals surface area contributed by atoms with Crippen LogP contribution in [-0.2, 0) is 0 Å². The molecule has 0 spiro atoms. The normalized spacial score (nSPS) is 10.2. The van der Waals surface area contributed by atoms with E-state index >= 15 is 0 Å². The molecule has 1 aromatic carbocycles. The van der Waals surface area contributed by atoms with Crippen LogP contribution in [0.4, 0.5) is 0 Å². The zero-order chi connectivity index (χ0) is 13.7. The Labute approximate surface area is 112 Å². The van der Waals surface area contributed by atoms with Gasteiger partial charge in [0.2, 0.25) is 0 Å². The molecule has 2 aromatic rings. The third kappa shape index (κ3) is 3.88. The molecule has 0 aliphatic rings. The summed E-state index contributed by atoms with van der Waals surface area (Å²) in [6.07, 6.45) is 0. The van der Waals surface area contributed by atoms with E-state index in [-0.39, 0.29) is 5.91 Å². The monoisotopic (exact) mass is 259 g/mol. The highest BCUT2D eigenvalue weighted by molar-refractivity contribution is 5.91. The van der Waals surface area contributed by atoms with E-state index in [1.54, 1.807) is 19.1 Å². The van der Waals surface area contributed by atoms with E-state index in [9.17, 15) is 4.79 Å². The summed E-state index contributed by atoms with van der Waals surface area (Å²) in [6, 6.07) is 11.2. The summed E-state index contributed by atoms with van der Waals surface area (Å²) in [5, 5.41) is 2.74. The molecule has 19 heavy (non-hydrogen) atoms. The zero-order valence-electron chi connectivity index (χ0n) is 11.1. The maximum Gasteiger partial charge on any atom is 0.287 e. The minimum Gasteiger partial charge on any atom is -0.492 e. The Kier molecular flexibility index (Phi) is 4.23. The molecule has 0 saturated heterocycles. The van der Waals surface area contributed by atoms with E-state index in [4.69, 9.17) is 9.15 Å². The number of rotatable bonds is 5. The van der Waals surface area contributed by atoms with Gasteiger partial charge in [-0.25, -0.2) is 0 Å². The number of hydrogen-bond donors (Lipinski definition) is 1. The second-order valence-corrected chi connectivity index (χ2v) is 4.33. The van der Waals surface area contributed by atoms with E-state index in [0.29, 0.717) is 18.9 Å². The van der Waals surface area contributed by atoms with Crippen molar-refractivity contribution >= 4 is 5.91 Å². The highest BCUT2D eigenvalue weighted by atomic mass is 16.5. The molecule has 0 saturated carbocycles. The second kappa shape index (κ2) is 6.09. The van der Waals surface area contributed by atoms with E-state index in [1.807, 2.05) is 31.2 Å². The first kappa shape index (κ1) is 13.2. The van der Waals surface area contributed by atoms with E-state index in [0.717, 1.165) is 11.5 Å². The van der Waals surface area contributed by atoms with Crippen molar-refractivity contribution in [2.24, 2.45) is 0 Å². The lowest BCUT2D eigenvalue weighted by Crippen LogP contribution is -2.27. The Morgan fingerprint density at radius 2 is 1.89 bits per heavy atom. The first-order chi connectivity index (χ1) is 9.15. The number of benzene rings is 1. The fraction of sp³-hybridized carbons (Fsp3) is 0.267. The third-order valence-electron chi connectivity index (χ3n) is 2.64. The van der Waals surface area contributed by atoms with Crippen molar-refractivity contribution in [3.8, 4) is 5.75 Å². The highest BCUT2D eigenvalue weighted by Gasteiger charge is 2.08. The Bertz CT molecular complexity index is 543. The molecule has 0 atom stereocenters. The van der Waals surface area contributed by atoms with Crippen LogP contribution in [0.1, 0.15) is 21.9 Å². The van der Waals surface area contributed by atoms with Gasteiger partial charge in [-0.3, -0.25) is 4.79 Å². The van der Waals surface area contributed by atoms with Crippen molar-refractivity contribution in [3.05, 3.63) is 53.5 Å². The van der Waals surface area contributed by atoms with Crippen LogP contribution in [0, 0.1) is 13.8 Å². The van der Waals surface area contributed by atoms with Crippen LogP contribution in [0.15, 0.2) is 40.8 Å². The van der Waals surface area contributed by atoms with Crippen molar-refractivity contribution in [3.63, 3.8) is 0 Å². The Hall–Kier alpha value is -2.23. The molecule has 100 valence electrons. The first-order valence-electron chi connectivity index (χ1n) is 6.19. The summed E-state index contributed by atoms with van der Waals surface area (Å²) in [5.41, 5.74) is 1.19. The zero-order valence-corrected chi connectivity index (χ0v) is 11.1. The van der Waals surface area contributed by atoms with Crippen LogP contribution in [0.5, 0.6) is 5.75 Å². The Morgan fingerprint density at radius 3 is 2.53 bits per heavy atom. The van der Waals surface area contributed by atoms with Crippen molar-refractivity contribution in [1.29, 1.82) is 0 Å². The molecule has 4 nitrogen and oxygen atoms in total. The van der Waals surface area contributed by atoms with Gasteiger partial charge < -0.3 is 14.5 Å². The number of carbonyl (C=O) groups is 1. The SMILES string of the molecule is Cc1ccc(OCCNC(=O)c2ccc(C)o2)cc1. The van der Waals surface area contributed by atoms with Crippen LogP contribution in [0.2, 0.25) is 0 Å². The second-order valence-electron chi connectivity index (χ2n) is 4.33. The quantitative estimate of drug-likeness (QED) is 0.840. The summed E-state index contributed by atoms with van der Waals surface area (Å²) in [5.74, 6) is 1.63. The molecule has 0 aliphatic heterocycles. The maximum absolute atomic E-state index is 11.7. The molecule has 1 aromatic heterocycles. The van der Waals surface area contributed by atoms with E-state index < -0.39 is 0 Å². The number of carbonyl (C=O) groups excluding carboxylic acids is 1. The molecule has 0 bridgehead atoms. The average molecular weight is 259 g/mol. The smallest absolute Gasteiger partial charge is 0.287 e. The van der Waals surface area contributed by atoms with Crippen LogP contribution in [0.3, 0.4) is 0 Å². The van der Waals surface area contributed by atoms with Gasteiger partial charge in [0.15, 0.2) is 5.76 Å². The van der Waals surface area contributed by atoms with Gasteiger partial charge in [-0.2, -0.15) is 0 Å². The van der Waals surface area contributed by atoms with Gasteiger partial charge in [0, 0.05) is 0 Å². The molecule has 1 heterocycles. The number of nitrogens with one attached hydrogen (secondary N) is 1. The molecule has 2 rings (SSSR count). The van der Waals surface area contributed by atoms with Gasteiger partial charge in [0.1, 0.15) is 18.1 Å². The molecule has 0 aliphatic carbocycles. The summed E-state index contributed by atoms with van der Waals surface area (Å²) in [6.45, 7) is 4.69. The van der Waals surface area contributed by atoms with Crippen molar-refractivity contribution in [1.82, 2.24) is 5.32 Å². The van der Waals surface area contributed by atoms with Crippen LogP contribution >= 0.6 is 0 Å². The topological polar surface area (TPSA) is 51.5 Å². The van der Waals surface area contributed by atoms with E-state index in [1.165, 1.54) is 5.56 Å². The van der Waals surface area contributed by atoms with Gasteiger partial charge in [-0.15, -0.1) is 0 Å². The first-order valence-corrected chi connectivity index (χ1v) is 6.19. The van der Waals surface area contributed by atoms with Gasteiger partial charge in [-0.05, 0) is 38.1 Å². The summed E-state index contributed by atoms with van der Waals surface area (Å²) >= 11 is 0. The number of ether oxygens (including phenoxy) is 1. The molecule has 0 unspecified atom stereocenters. The molecule has 4 heteroatoms. The average Bonchev–Trinajstić information content (AvgIpc) is 2.83. The fourth-order valence-electron chi connectivity index (χ4n) is 1.61. The lowest BCUT2D eigenvalue weighted by molar-refractivity contribution is 0.0918. The highest BCUT2D eigenvalue weighted by Crippen LogP contribution is 2.11. The predicted molar refractivity (Wildman–Crippen MR) is 72.5 cm³/mol. The lowest BCUT2D eigenvalue weighted by atomic mass is 10.2. The summed E-state index contributed by atoms with van der Waals surface area (Å²) in [7, 11) is 0. The minimum atomic E-state index is -0.222. The number of hydrogen-bond acceptors (Lipinski definition) is 3. The van der Waals surface area contributed by atoms with E-state index in [2.05, 4.69) is 5.32 Å². The molecular formula is C15H17NO3. The molecule has 1 amide bonds. The third-order valence-corrected chi connectivity index (χ3v) is 2.64. The Balaban J connectivity index is 1.72. The van der Waals surface area contributed by atoms with Crippen LogP contribution in [0.25, 0.3) is 0 Å². The van der Waals surface area contributed by atoms with Crippen LogP contribution in [-0.4, -0.2) is 19.1 Å². The van der Waals surface area contributed by atoms with Gasteiger partial charge in [0.05, 0.1) is 6.54 Å². The largest absolute Gasteiger partial charge is 0.492 e. The predicted octanol–water partition coefficient (Wildman–Crippen LogP) is 2.71. The summed E-state index contributed by atoms with van der Waals surface area (Å²) in [4.78, 5) is 11.7. The summed E-state index contributed by atoms with van der Waals surface area (Å²) < 4.78 is 10.7. The fourth-order valence-corrected chi connectivity index (χ4v) is 1.61. The minimum absolute atomic E-state index is 0.222. The standard InChI is InChI=1S/C15H17NO3/c1-11-3-6-13(7-4-11)18-10-9-16-15(17)14-8-5-12(2)19-14/h3-8H,9-10H2,1-2H3,(H,16,17). The van der Waals surface area contributed by atoms with Crippen molar-refractivity contribution in [2.75, 3.05) is 13.2 Å². The molecule has 1 N–H and O–H groups in total. The maximum atomic E-state index is 11.7. The molecule has 0 radical (unpaired) electrons.